The Labute approximate surface area is 99.7 Å². The number of nitro groups is 1. The summed E-state index contributed by atoms with van der Waals surface area (Å²) in [6, 6.07) is 6.10. The number of carbonyl (C=O) groups excluding carboxylic acids is 1. The van der Waals surface area contributed by atoms with Gasteiger partial charge in [-0.15, -0.1) is 0 Å². The Bertz CT molecular complexity index is 412. The zero-order valence-corrected chi connectivity index (χ0v) is 10.5. The summed E-state index contributed by atoms with van der Waals surface area (Å²) in [7, 11) is 0. The van der Waals surface area contributed by atoms with Crippen molar-refractivity contribution in [2.75, 3.05) is 0 Å². The SMILES string of the molecule is C[Se]CC(=O)/C=C\c1ccc([N+](=O)[O-])cc1. The van der Waals surface area contributed by atoms with E-state index in [1.54, 1.807) is 18.2 Å². The van der Waals surface area contributed by atoms with Crippen LogP contribution in [0.5, 0.6) is 0 Å². The molecule has 0 saturated heterocycles. The van der Waals surface area contributed by atoms with Crippen LogP contribution in [0.4, 0.5) is 5.69 Å². The van der Waals surface area contributed by atoms with Crippen LogP contribution in [-0.4, -0.2) is 25.7 Å². The van der Waals surface area contributed by atoms with Gasteiger partial charge in [-0.2, -0.15) is 0 Å². The molecule has 4 nitrogen and oxygen atoms in total. The first-order valence-corrected chi connectivity index (χ1v) is 7.50. The van der Waals surface area contributed by atoms with E-state index in [-0.39, 0.29) is 11.5 Å². The molecule has 0 aliphatic rings. The predicted molar refractivity (Wildman–Crippen MR) is 63.6 cm³/mol. The van der Waals surface area contributed by atoms with Crippen LogP contribution in [-0.2, 0) is 4.79 Å². The first-order chi connectivity index (χ1) is 7.63. The average molecular weight is 284 g/mol. The van der Waals surface area contributed by atoms with E-state index in [4.69, 9.17) is 0 Å². The third kappa shape index (κ3) is 3.96. The molecule has 0 aliphatic heterocycles. The maximum atomic E-state index is 11.2. The van der Waals surface area contributed by atoms with E-state index >= 15 is 0 Å². The van der Waals surface area contributed by atoms with Crippen molar-refractivity contribution < 1.29 is 9.72 Å². The summed E-state index contributed by atoms with van der Waals surface area (Å²) in [4.78, 5) is 21.2. The van der Waals surface area contributed by atoms with Gasteiger partial charge in [-0.1, -0.05) is 0 Å². The fraction of sp³-hybridized carbons (Fsp3) is 0.182. The van der Waals surface area contributed by atoms with E-state index in [9.17, 15) is 14.9 Å². The number of hydrogen-bond acceptors (Lipinski definition) is 3. The molecule has 0 saturated carbocycles. The molecule has 1 rings (SSSR count). The van der Waals surface area contributed by atoms with Crippen molar-refractivity contribution >= 4 is 32.5 Å². The van der Waals surface area contributed by atoms with Crippen molar-refractivity contribution in [3.63, 3.8) is 0 Å². The predicted octanol–water partition coefficient (Wildman–Crippen LogP) is 2.35. The first kappa shape index (κ1) is 12.6. The van der Waals surface area contributed by atoms with Gasteiger partial charge >= 0.3 is 99.4 Å². The minimum absolute atomic E-state index is 0.0559. The van der Waals surface area contributed by atoms with Gasteiger partial charge < -0.3 is 0 Å². The normalized spacial score (nSPS) is 10.6. The number of benzene rings is 1. The molecule has 0 unspecified atom stereocenters. The Balaban J connectivity index is 2.68. The summed E-state index contributed by atoms with van der Waals surface area (Å²) in [5.74, 6) is 2.10. The third-order valence-corrected chi connectivity index (χ3v) is 3.05. The zero-order valence-electron chi connectivity index (χ0n) is 8.75. The Morgan fingerprint density at radius 3 is 2.56 bits per heavy atom. The maximum absolute atomic E-state index is 11.2. The second kappa shape index (κ2) is 6.20. The van der Waals surface area contributed by atoms with Gasteiger partial charge in [0.25, 0.3) is 0 Å². The number of rotatable bonds is 5. The van der Waals surface area contributed by atoms with E-state index in [1.165, 1.54) is 18.2 Å². The van der Waals surface area contributed by atoms with Crippen molar-refractivity contribution in [3.8, 4) is 0 Å². The molecule has 0 fully saturated rings. The van der Waals surface area contributed by atoms with Gasteiger partial charge in [0.1, 0.15) is 0 Å². The van der Waals surface area contributed by atoms with Crippen LogP contribution in [0.1, 0.15) is 5.56 Å². The topological polar surface area (TPSA) is 60.2 Å². The third-order valence-electron chi connectivity index (χ3n) is 1.85. The van der Waals surface area contributed by atoms with E-state index in [0.717, 1.165) is 5.56 Å². The first-order valence-electron chi connectivity index (χ1n) is 4.58. The fourth-order valence-corrected chi connectivity index (χ4v) is 1.89. The standard InChI is InChI=1S/C11H11NO3Se/c1-16-8-11(13)7-4-9-2-5-10(6-3-9)12(14)15/h2-7H,8H2,1H3/b7-4-. The molecule has 0 aliphatic carbocycles. The van der Waals surface area contributed by atoms with Crippen molar-refractivity contribution in [1.29, 1.82) is 0 Å². The van der Waals surface area contributed by atoms with Gasteiger partial charge in [-0.3, -0.25) is 0 Å². The number of nitrogens with zero attached hydrogens (tertiary/aromatic N) is 1. The summed E-state index contributed by atoms with van der Waals surface area (Å²) in [5, 5.41) is 11.0. The summed E-state index contributed by atoms with van der Waals surface area (Å²) in [6.07, 6.45) is 3.20. The molecule has 0 radical (unpaired) electrons. The summed E-state index contributed by atoms with van der Waals surface area (Å²) >= 11 is 0.344. The zero-order chi connectivity index (χ0) is 12.0. The molecular formula is C11H11NO3Se. The van der Waals surface area contributed by atoms with Gasteiger partial charge in [0, 0.05) is 0 Å². The monoisotopic (exact) mass is 285 g/mol. The number of hydrogen-bond donors (Lipinski definition) is 0. The molecule has 0 heterocycles. The summed E-state index contributed by atoms with van der Waals surface area (Å²) in [5.41, 5.74) is 0.850. The molecule has 16 heavy (non-hydrogen) atoms. The van der Waals surface area contributed by atoms with Crippen LogP contribution in [0.15, 0.2) is 30.3 Å². The van der Waals surface area contributed by atoms with Crippen molar-refractivity contribution in [2.45, 2.75) is 11.1 Å². The Hall–Kier alpha value is -1.45. The summed E-state index contributed by atoms with van der Waals surface area (Å²) < 4.78 is 0. The molecule has 0 atom stereocenters. The fourth-order valence-electron chi connectivity index (χ4n) is 1.09. The second-order valence-corrected chi connectivity index (χ2v) is 4.90. The molecule has 0 spiro atoms. The molecule has 1 aromatic carbocycles. The van der Waals surface area contributed by atoms with E-state index in [1.807, 2.05) is 5.82 Å². The second-order valence-electron chi connectivity index (χ2n) is 3.08. The van der Waals surface area contributed by atoms with Crippen molar-refractivity contribution in [3.05, 3.63) is 46.0 Å². The molecule has 1 aromatic rings. The van der Waals surface area contributed by atoms with Crippen molar-refractivity contribution in [2.24, 2.45) is 0 Å². The number of non-ortho nitro benzene ring substituents is 1. The number of carbonyl (C=O) groups is 1. The van der Waals surface area contributed by atoms with Gasteiger partial charge in [0.05, 0.1) is 0 Å². The Kier molecular flexibility index (Phi) is 4.89. The van der Waals surface area contributed by atoms with Crippen LogP contribution in [0.3, 0.4) is 0 Å². The Morgan fingerprint density at radius 2 is 2.06 bits per heavy atom. The van der Waals surface area contributed by atoms with Gasteiger partial charge in [-0.05, 0) is 0 Å². The van der Waals surface area contributed by atoms with Crippen LogP contribution >= 0.6 is 0 Å². The molecule has 5 heteroatoms. The molecule has 0 N–H and O–H groups in total. The van der Waals surface area contributed by atoms with Gasteiger partial charge in [0.2, 0.25) is 0 Å². The van der Waals surface area contributed by atoms with Crippen LogP contribution in [0, 0.1) is 10.1 Å². The van der Waals surface area contributed by atoms with Gasteiger partial charge in [0.15, 0.2) is 0 Å². The number of nitro benzene ring substituents is 1. The molecular weight excluding hydrogens is 273 g/mol. The van der Waals surface area contributed by atoms with Crippen LogP contribution < -0.4 is 0 Å². The van der Waals surface area contributed by atoms with E-state index < -0.39 is 4.92 Å². The Morgan fingerprint density at radius 1 is 1.44 bits per heavy atom. The number of ketones is 1. The van der Waals surface area contributed by atoms with Crippen LogP contribution in [0.25, 0.3) is 6.08 Å². The molecule has 0 amide bonds. The van der Waals surface area contributed by atoms with Crippen LogP contribution in [0.2, 0.25) is 11.1 Å². The van der Waals surface area contributed by atoms with E-state index in [2.05, 4.69) is 0 Å². The quantitative estimate of drug-likeness (QED) is 0.361. The average Bonchev–Trinajstić information content (AvgIpc) is 2.27. The van der Waals surface area contributed by atoms with Gasteiger partial charge in [-0.25, -0.2) is 0 Å². The van der Waals surface area contributed by atoms with Crippen molar-refractivity contribution in [1.82, 2.24) is 0 Å². The number of allylic oxidation sites excluding steroid dienone is 1. The molecule has 0 aromatic heterocycles. The molecule has 84 valence electrons. The van der Waals surface area contributed by atoms with E-state index in [0.29, 0.717) is 20.3 Å². The minimum atomic E-state index is -0.446. The molecule has 0 bridgehead atoms. The summed E-state index contributed by atoms with van der Waals surface area (Å²) in [6.45, 7) is 0.